The van der Waals surface area contributed by atoms with Gasteiger partial charge in [0.2, 0.25) is 11.8 Å². The molecule has 0 radical (unpaired) electrons. The first kappa shape index (κ1) is 32.3. The van der Waals surface area contributed by atoms with E-state index in [0.29, 0.717) is 43.2 Å². The summed E-state index contributed by atoms with van der Waals surface area (Å²) < 4.78 is -0.747. The van der Waals surface area contributed by atoms with Gasteiger partial charge < -0.3 is 19.8 Å². The molecule has 3 aliphatic rings. The molecule has 234 valence electrons. The van der Waals surface area contributed by atoms with Gasteiger partial charge in [0.05, 0.1) is 27.3 Å². The number of unbranched alkanes of at least 4 members (excludes halogenated alkanes) is 2. The van der Waals surface area contributed by atoms with Crippen molar-refractivity contribution in [1.29, 1.82) is 0 Å². The van der Waals surface area contributed by atoms with Crippen molar-refractivity contribution < 1.29 is 19.5 Å². The van der Waals surface area contributed by atoms with Gasteiger partial charge in [0.1, 0.15) is 6.04 Å². The third-order valence-corrected chi connectivity index (χ3v) is 11.8. The lowest BCUT2D eigenvalue weighted by Crippen LogP contribution is -2.57. The van der Waals surface area contributed by atoms with Crippen LogP contribution in [0.4, 0.5) is 5.69 Å². The summed E-state index contributed by atoms with van der Waals surface area (Å²) in [5.74, 6) is -1.47. The van der Waals surface area contributed by atoms with Gasteiger partial charge in [-0.25, -0.2) is 0 Å². The minimum absolute atomic E-state index is 0.0469. The van der Waals surface area contributed by atoms with E-state index in [1.807, 2.05) is 48.5 Å². The van der Waals surface area contributed by atoms with Crippen LogP contribution in [-0.2, 0) is 20.9 Å². The van der Waals surface area contributed by atoms with Gasteiger partial charge in [0.25, 0.3) is 5.91 Å². The van der Waals surface area contributed by atoms with Gasteiger partial charge in [-0.3, -0.25) is 14.4 Å². The Kier molecular flexibility index (Phi) is 10.2. The Morgan fingerprint density at radius 2 is 1.75 bits per heavy atom. The molecule has 2 aromatic carbocycles. The van der Waals surface area contributed by atoms with Gasteiger partial charge in [-0.15, -0.1) is 24.9 Å². The fraction of sp³-hybridized carbons (Fsp3) is 0.457. The zero-order valence-electron chi connectivity index (χ0n) is 25.3. The first-order valence-corrected chi connectivity index (χ1v) is 16.7. The highest BCUT2D eigenvalue weighted by atomic mass is 35.5. The number of aliphatic hydroxyl groups is 1. The summed E-state index contributed by atoms with van der Waals surface area (Å²) >= 11 is 8.28. The van der Waals surface area contributed by atoms with Gasteiger partial charge in [-0.2, -0.15) is 0 Å². The number of fused-ring (bicyclic) bond motifs is 1. The number of benzene rings is 2. The highest BCUT2D eigenvalue weighted by molar-refractivity contribution is 8.02. The summed E-state index contributed by atoms with van der Waals surface area (Å²) in [5, 5.41) is 9.75. The van der Waals surface area contributed by atoms with Crippen LogP contribution in [-0.4, -0.2) is 74.9 Å². The molecule has 3 amide bonds. The van der Waals surface area contributed by atoms with Gasteiger partial charge in [0.15, 0.2) is 0 Å². The number of carbonyl (C=O) groups excluding carboxylic acids is 3. The van der Waals surface area contributed by atoms with Gasteiger partial charge in [-0.1, -0.05) is 73.1 Å². The number of thioether (sulfide) groups is 1. The third kappa shape index (κ3) is 5.72. The van der Waals surface area contributed by atoms with Gasteiger partial charge in [-0.05, 0) is 49.3 Å². The number of hydrogen-bond donors (Lipinski definition) is 1. The number of likely N-dealkylation sites (tertiary alicyclic amines) is 1. The minimum Gasteiger partial charge on any atom is -0.396 e. The van der Waals surface area contributed by atoms with Crippen molar-refractivity contribution in [2.24, 2.45) is 17.8 Å². The Morgan fingerprint density at radius 3 is 2.43 bits per heavy atom. The molecule has 3 heterocycles. The topological polar surface area (TPSA) is 81.2 Å². The van der Waals surface area contributed by atoms with Crippen LogP contribution in [0, 0.1) is 17.8 Å². The van der Waals surface area contributed by atoms with E-state index in [0.717, 1.165) is 18.4 Å². The average molecular weight is 636 g/mol. The molecule has 2 bridgehead atoms. The molecule has 0 aromatic heterocycles. The lowest BCUT2D eigenvalue weighted by molar-refractivity contribution is -0.144. The Balaban J connectivity index is 1.55. The molecule has 9 heteroatoms. The van der Waals surface area contributed by atoms with E-state index < -0.39 is 22.6 Å². The Morgan fingerprint density at radius 1 is 1.05 bits per heavy atom. The number of hydrogen-bond acceptors (Lipinski definition) is 5. The molecule has 5 rings (SSSR count). The van der Waals surface area contributed by atoms with Crippen molar-refractivity contribution in [2.75, 3.05) is 31.1 Å². The van der Waals surface area contributed by atoms with Crippen molar-refractivity contribution in [1.82, 2.24) is 9.80 Å². The second kappa shape index (κ2) is 13.9. The van der Waals surface area contributed by atoms with E-state index in [1.54, 1.807) is 44.7 Å². The van der Waals surface area contributed by atoms with Crippen molar-refractivity contribution in [3.05, 3.63) is 90.5 Å². The lowest BCUT2D eigenvalue weighted by atomic mass is 9.65. The monoisotopic (exact) mass is 635 g/mol. The molecular weight excluding hydrogens is 594 g/mol. The average Bonchev–Trinajstić information content (AvgIpc) is 3.61. The van der Waals surface area contributed by atoms with Crippen molar-refractivity contribution in [3.8, 4) is 0 Å². The molecule has 0 saturated carbocycles. The smallest absolute Gasteiger partial charge is 0.251 e. The summed E-state index contributed by atoms with van der Waals surface area (Å²) in [6.45, 7) is 11.4. The maximum atomic E-state index is 14.8. The summed E-state index contributed by atoms with van der Waals surface area (Å²) in [7, 11) is 0. The van der Waals surface area contributed by atoms with Crippen molar-refractivity contribution >= 4 is 46.8 Å². The molecule has 3 aliphatic heterocycles. The number of amides is 3. The van der Waals surface area contributed by atoms with Crippen molar-refractivity contribution in [3.63, 3.8) is 0 Å². The number of anilines is 1. The molecule has 1 N–H and O–H groups in total. The van der Waals surface area contributed by atoms with Crippen LogP contribution >= 0.6 is 23.4 Å². The third-order valence-electron chi connectivity index (χ3n) is 9.42. The minimum atomic E-state index is -0.755. The second-order valence-electron chi connectivity index (χ2n) is 12.1. The van der Waals surface area contributed by atoms with Crippen molar-refractivity contribution in [2.45, 2.75) is 55.2 Å². The molecule has 44 heavy (non-hydrogen) atoms. The van der Waals surface area contributed by atoms with E-state index >= 15 is 0 Å². The lowest BCUT2D eigenvalue weighted by Gasteiger charge is -2.41. The number of carbonyl (C=O) groups is 3. The maximum Gasteiger partial charge on any atom is 0.251 e. The number of nitrogens with zero attached hydrogens (tertiary/aromatic N) is 3. The van der Waals surface area contributed by atoms with E-state index in [1.165, 1.54) is 0 Å². The first-order chi connectivity index (χ1) is 21.3. The molecule has 3 unspecified atom stereocenters. The Bertz CT molecular complexity index is 1390. The quantitative estimate of drug-likeness (QED) is 0.217. The highest BCUT2D eigenvalue weighted by Crippen LogP contribution is 2.69. The maximum absolute atomic E-state index is 14.8. The highest BCUT2D eigenvalue weighted by Gasteiger charge is 2.76. The standard InChI is InChI=1S/C35H42ClN3O4S/c1-4-18-37(23-25-14-8-6-9-15-25)32(41)29-28-22-24(3)35(44-28)30(29)33(42)39(20-12-7-13-21-40)31(35)34(43)38(19-5-2)27-17-11-10-16-26(27)36/h4-6,8-11,14-17,24,28-31,40H,1-2,7,12-13,18-23H2,3H3/t24?,28-,29+,30-,31?,35?/m0/s1. The van der Waals surface area contributed by atoms with Crippen LogP contribution < -0.4 is 4.90 Å². The Labute approximate surface area is 269 Å². The number of para-hydroxylation sites is 1. The summed E-state index contributed by atoms with van der Waals surface area (Å²) in [6, 6.07) is 16.3. The summed E-state index contributed by atoms with van der Waals surface area (Å²) in [4.78, 5) is 49.0. The van der Waals surface area contributed by atoms with E-state index in [2.05, 4.69) is 20.1 Å². The molecule has 6 atom stereocenters. The predicted molar refractivity (Wildman–Crippen MR) is 177 cm³/mol. The first-order valence-electron chi connectivity index (χ1n) is 15.5. The molecule has 7 nitrogen and oxygen atoms in total. The van der Waals surface area contributed by atoms with Crippen LogP contribution in [0.3, 0.4) is 0 Å². The SMILES string of the molecule is C=CCN(Cc1ccccc1)C(=O)[C@@H]1[C@@H]2CC(C)C3(S2)C(C(=O)N(CC=C)c2ccccc2Cl)N(CCCCCO)C(=O)[C@H]13. The second-order valence-corrected chi connectivity index (χ2v) is 14.0. The molecule has 2 aromatic rings. The normalized spacial score (nSPS) is 26.8. The van der Waals surface area contributed by atoms with Gasteiger partial charge in [0, 0.05) is 38.0 Å². The summed E-state index contributed by atoms with van der Waals surface area (Å²) in [6.07, 6.45) is 6.17. The number of halogens is 1. The fourth-order valence-electron chi connectivity index (χ4n) is 7.55. The predicted octanol–water partition coefficient (Wildman–Crippen LogP) is 5.57. The van der Waals surface area contributed by atoms with E-state index in [9.17, 15) is 19.5 Å². The largest absolute Gasteiger partial charge is 0.396 e. The fourth-order valence-corrected chi connectivity index (χ4v) is 10.2. The van der Waals surface area contributed by atoms with Crippen LogP contribution in [0.1, 0.15) is 38.2 Å². The van der Waals surface area contributed by atoms with Gasteiger partial charge >= 0.3 is 0 Å². The van der Waals surface area contributed by atoms with Crippen LogP contribution in [0.25, 0.3) is 0 Å². The van der Waals surface area contributed by atoms with Crippen LogP contribution in [0.5, 0.6) is 0 Å². The molecule has 1 spiro atoms. The molecule has 3 saturated heterocycles. The molecule has 0 aliphatic carbocycles. The zero-order chi connectivity index (χ0) is 31.4. The van der Waals surface area contributed by atoms with E-state index in [-0.39, 0.29) is 42.0 Å². The van der Waals surface area contributed by atoms with E-state index in [4.69, 9.17) is 11.6 Å². The zero-order valence-corrected chi connectivity index (χ0v) is 26.9. The number of rotatable bonds is 14. The summed E-state index contributed by atoms with van der Waals surface area (Å²) in [5.41, 5.74) is 1.59. The molecular formula is C35H42ClN3O4S. The number of aliphatic hydroxyl groups excluding tert-OH is 1. The molecule has 3 fully saturated rings. The van der Waals surface area contributed by atoms with Crippen LogP contribution in [0.2, 0.25) is 5.02 Å². The Hall–Kier alpha value is -3.07. The van der Waals surface area contributed by atoms with Crippen LogP contribution in [0.15, 0.2) is 79.9 Å².